The molecular weight excluding hydrogens is 194 g/mol. The average Bonchev–Trinajstić information content (AvgIpc) is 2.69. The van der Waals surface area contributed by atoms with E-state index in [4.69, 9.17) is 10.5 Å². The van der Waals surface area contributed by atoms with Gasteiger partial charge in [-0.1, -0.05) is 25.7 Å². The maximum atomic E-state index is 11.2. The highest BCUT2D eigenvalue weighted by molar-refractivity contribution is 5.75. The summed E-state index contributed by atoms with van der Waals surface area (Å²) in [7, 11) is 0. The number of aliphatic hydroxyl groups excluding tert-OH is 1. The monoisotopic (exact) mass is 215 g/mol. The van der Waals surface area contributed by atoms with E-state index in [9.17, 15) is 9.90 Å². The molecule has 4 nitrogen and oxygen atoms in total. The molecule has 0 aromatic heterocycles. The van der Waals surface area contributed by atoms with E-state index < -0.39 is 18.1 Å². The maximum absolute atomic E-state index is 11.2. The molecule has 0 spiro atoms. The van der Waals surface area contributed by atoms with Crippen LogP contribution in [0.1, 0.15) is 39.0 Å². The lowest BCUT2D eigenvalue weighted by atomic mass is 9.96. The molecule has 88 valence electrons. The summed E-state index contributed by atoms with van der Waals surface area (Å²) >= 11 is 0. The predicted octanol–water partition coefficient (Wildman–Crippen LogP) is 0.818. The zero-order valence-electron chi connectivity index (χ0n) is 9.32. The number of carbonyl (C=O) groups excluding carboxylic acids is 1. The number of ether oxygens (including phenoxy) is 1. The Morgan fingerprint density at radius 3 is 2.67 bits per heavy atom. The average molecular weight is 215 g/mol. The van der Waals surface area contributed by atoms with Crippen LogP contribution >= 0.6 is 0 Å². The summed E-state index contributed by atoms with van der Waals surface area (Å²) in [5, 5.41) is 9.58. The van der Waals surface area contributed by atoms with Crippen LogP contribution < -0.4 is 5.73 Å². The summed E-state index contributed by atoms with van der Waals surface area (Å²) in [6.07, 6.45) is 4.39. The van der Waals surface area contributed by atoms with E-state index >= 15 is 0 Å². The van der Waals surface area contributed by atoms with Crippen molar-refractivity contribution < 1.29 is 14.6 Å². The molecule has 0 saturated heterocycles. The number of hydrogen-bond acceptors (Lipinski definition) is 4. The molecule has 0 radical (unpaired) electrons. The quantitative estimate of drug-likeness (QED) is 0.666. The third-order valence-corrected chi connectivity index (χ3v) is 3.01. The molecule has 0 amide bonds. The first kappa shape index (κ1) is 12.5. The van der Waals surface area contributed by atoms with Crippen molar-refractivity contribution in [3.05, 3.63) is 0 Å². The van der Waals surface area contributed by atoms with E-state index in [0.29, 0.717) is 5.92 Å². The first-order chi connectivity index (χ1) is 7.15. The van der Waals surface area contributed by atoms with Gasteiger partial charge in [0.15, 0.2) is 6.10 Å². The van der Waals surface area contributed by atoms with Crippen LogP contribution in [0.15, 0.2) is 0 Å². The minimum absolute atomic E-state index is 0.284. The second-order valence-electron chi connectivity index (χ2n) is 4.25. The molecule has 2 unspecified atom stereocenters. The molecule has 2 atom stereocenters. The molecule has 1 saturated carbocycles. The maximum Gasteiger partial charge on any atom is 0.336 e. The van der Waals surface area contributed by atoms with Crippen molar-refractivity contribution in [1.82, 2.24) is 0 Å². The molecule has 15 heavy (non-hydrogen) atoms. The van der Waals surface area contributed by atoms with Crippen LogP contribution in [0.5, 0.6) is 0 Å². The first-order valence-corrected chi connectivity index (χ1v) is 5.75. The summed E-state index contributed by atoms with van der Waals surface area (Å²) in [4.78, 5) is 11.2. The number of rotatable bonds is 5. The summed E-state index contributed by atoms with van der Waals surface area (Å²) in [5.41, 5.74) is 5.78. The smallest absolute Gasteiger partial charge is 0.336 e. The minimum atomic E-state index is -1.16. The Morgan fingerprint density at radius 1 is 1.53 bits per heavy atom. The standard InChI is InChI=1S/C11H21NO3/c1-2-15-11(14)10(13)9(12)7-8-5-3-4-6-8/h8-10,13H,2-7,12H2,1H3. The normalized spacial score (nSPS) is 21.3. The Kier molecular flexibility index (Phi) is 5.05. The molecule has 0 aliphatic heterocycles. The number of hydrogen-bond donors (Lipinski definition) is 2. The third kappa shape index (κ3) is 3.80. The molecule has 1 fully saturated rings. The molecule has 1 aliphatic carbocycles. The summed E-state index contributed by atoms with van der Waals surface area (Å²) < 4.78 is 4.72. The summed E-state index contributed by atoms with van der Waals surface area (Å²) in [6, 6.07) is -0.479. The Balaban J connectivity index is 2.31. The molecule has 0 aromatic carbocycles. The fourth-order valence-electron chi connectivity index (χ4n) is 2.16. The number of carbonyl (C=O) groups is 1. The SMILES string of the molecule is CCOC(=O)C(O)C(N)CC1CCCC1. The first-order valence-electron chi connectivity index (χ1n) is 5.75. The van der Waals surface area contributed by atoms with Crippen molar-refractivity contribution in [2.45, 2.75) is 51.2 Å². The molecular formula is C11H21NO3. The highest BCUT2D eigenvalue weighted by Crippen LogP contribution is 2.28. The lowest BCUT2D eigenvalue weighted by Crippen LogP contribution is -2.42. The molecule has 0 heterocycles. The van der Waals surface area contributed by atoms with Gasteiger partial charge in [-0.15, -0.1) is 0 Å². The molecule has 1 rings (SSSR count). The molecule has 3 N–H and O–H groups in total. The van der Waals surface area contributed by atoms with Crippen molar-refractivity contribution in [3.8, 4) is 0 Å². The van der Waals surface area contributed by atoms with E-state index in [1.165, 1.54) is 25.7 Å². The van der Waals surface area contributed by atoms with Crippen LogP contribution in [0.25, 0.3) is 0 Å². The van der Waals surface area contributed by atoms with Crippen molar-refractivity contribution in [3.63, 3.8) is 0 Å². The van der Waals surface area contributed by atoms with Gasteiger partial charge in [0.05, 0.1) is 6.61 Å². The largest absolute Gasteiger partial charge is 0.464 e. The molecule has 0 aromatic rings. The third-order valence-electron chi connectivity index (χ3n) is 3.01. The highest BCUT2D eigenvalue weighted by atomic mass is 16.5. The van der Waals surface area contributed by atoms with Gasteiger partial charge in [-0.2, -0.15) is 0 Å². The Hall–Kier alpha value is -0.610. The van der Waals surface area contributed by atoms with Crippen molar-refractivity contribution >= 4 is 5.97 Å². The zero-order chi connectivity index (χ0) is 11.3. The topological polar surface area (TPSA) is 72.5 Å². The number of esters is 1. The van der Waals surface area contributed by atoms with Crippen LogP contribution in [-0.2, 0) is 9.53 Å². The number of aliphatic hydroxyl groups is 1. The van der Waals surface area contributed by atoms with Gasteiger partial charge in [-0.05, 0) is 19.3 Å². The van der Waals surface area contributed by atoms with Crippen LogP contribution in [-0.4, -0.2) is 29.8 Å². The molecule has 0 bridgehead atoms. The fraction of sp³-hybridized carbons (Fsp3) is 0.909. The highest BCUT2D eigenvalue weighted by Gasteiger charge is 2.27. The van der Waals surface area contributed by atoms with E-state index in [1.807, 2.05) is 0 Å². The van der Waals surface area contributed by atoms with E-state index in [-0.39, 0.29) is 6.61 Å². The van der Waals surface area contributed by atoms with Crippen LogP contribution in [0.3, 0.4) is 0 Å². The van der Waals surface area contributed by atoms with Crippen molar-refractivity contribution in [2.75, 3.05) is 6.61 Å². The lowest BCUT2D eigenvalue weighted by Gasteiger charge is -2.20. The fourth-order valence-corrected chi connectivity index (χ4v) is 2.16. The lowest BCUT2D eigenvalue weighted by molar-refractivity contribution is -0.154. The van der Waals surface area contributed by atoms with Crippen molar-refractivity contribution in [1.29, 1.82) is 0 Å². The van der Waals surface area contributed by atoms with Gasteiger partial charge in [-0.3, -0.25) is 0 Å². The number of nitrogens with two attached hydrogens (primary N) is 1. The summed E-state index contributed by atoms with van der Waals surface area (Å²) in [6.45, 7) is 2.00. The van der Waals surface area contributed by atoms with Crippen LogP contribution in [0.4, 0.5) is 0 Å². The van der Waals surface area contributed by atoms with E-state index in [2.05, 4.69) is 0 Å². The van der Waals surface area contributed by atoms with Gasteiger partial charge in [0.1, 0.15) is 0 Å². The van der Waals surface area contributed by atoms with Gasteiger partial charge in [0.25, 0.3) is 0 Å². The molecule has 4 heteroatoms. The van der Waals surface area contributed by atoms with Gasteiger partial charge in [0, 0.05) is 6.04 Å². The zero-order valence-corrected chi connectivity index (χ0v) is 9.32. The van der Waals surface area contributed by atoms with Gasteiger partial charge >= 0.3 is 5.97 Å². The minimum Gasteiger partial charge on any atom is -0.464 e. The van der Waals surface area contributed by atoms with Crippen molar-refractivity contribution in [2.24, 2.45) is 11.7 Å². The Morgan fingerprint density at radius 2 is 2.13 bits per heavy atom. The van der Waals surface area contributed by atoms with E-state index in [0.717, 1.165) is 6.42 Å². The van der Waals surface area contributed by atoms with E-state index in [1.54, 1.807) is 6.92 Å². The second kappa shape index (κ2) is 6.08. The van der Waals surface area contributed by atoms with Gasteiger partial charge < -0.3 is 15.6 Å². The van der Waals surface area contributed by atoms with Crippen LogP contribution in [0.2, 0.25) is 0 Å². The van der Waals surface area contributed by atoms with Gasteiger partial charge in [0.2, 0.25) is 0 Å². The van der Waals surface area contributed by atoms with Crippen LogP contribution in [0, 0.1) is 5.92 Å². The van der Waals surface area contributed by atoms with Gasteiger partial charge in [-0.25, -0.2) is 4.79 Å². The Labute approximate surface area is 90.8 Å². The Bertz CT molecular complexity index is 202. The predicted molar refractivity (Wildman–Crippen MR) is 57.2 cm³/mol. The summed E-state index contributed by atoms with van der Waals surface area (Å²) in [5.74, 6) is -0.0212. The molecule has 1 aliphatic rings. The second-order valence-corrected chi connectivity index (χ2v) is 4.25.